The van der Waals surface area contributed by atoms with Crippen molar-refractivity contribution in [2.75, 3.05) is 6.54 Å². The molecule has 2 atom stereocenters. The van der Waals surface area contributed by atoms with E-state index >= 15 is 0 Å². The number of hydrogen-bond acceptors (Lipinski definition) is 7. The van der Waals surface area contributed by atoms with Gasteiger partial charge in [-0.1, -0.05) is 19.0 Å². The van der Waals surface area contributed by atoms with Crippen LogP contribution in [0.25, 0.3) is 33.9 Å². The molecular formula is C19H20N6OS. The maximum atomic E-state index is 5.62. The fraction of sp³-hybridized carbons (Fsp3) is 0.368. The number of H-pyrrole nitrogens is 1. The molecule has 0 spiro atoms. The van der Waals surface area contributed by atoms with Gasteiger partial charge in [0.2, 0.25) is 11.7 Å². The third-order valence-electron chi connectivity index (χ3n) is 5.16. The standard InChI is InChI=1S/C19H20N6OS/c1-10(2)16-12(5-6-20-16)19-24-17(25-26-19)11-3-4-13-14(7-11)23-18(22-13)15-8-27-9-21-15/h3-4,7-10,12,16,20H,5-6H2,1-2H3,(H,22,23). The molecule has 1 aromatic carbocycles. The molecule has 1 aliphatic rings. The van der Waals surface area contributed by atoms with Gasteiger partial charge in [0, 0.05) is 17.0 Å². The summed E-state index contributed by atoms with van der Waals surface area (Å²) in [6.45, 7) is 5.43. The van der Waals surface area contributed by atoms with Gasteiger partial charge in [-0.3, -0.25) is 0 Å². The largest absolute Gasteiger partial charge is 0.339 e. The van der Waals surface area contributed by atoms with E-state index in [1.54, 1.807) is 16.8 Å². The number of aromatic amines is 1. The van der Waals surface area contributed by atoms with Gasteiger partial charge in [-0.25, -0.2) is 9.97 Å². The van der Waals surface area contributed by atoms with Crippen LogP contribution in [-0.2, 0) is 0 Å². The molecule has 0 bridgehead atoms. The zero-order valence-corrected chi connectivity index (χ0v) is 16.0. The minimum absolute atomic E-state index is 0.276. The van der Waals surface area contributed by atoms with Gasteiger partial charge in [0.25, 0.3) is 0 Å². The van der Waals surface area contributed by atoms with Gasteiger partial charge in [-0.2, -0.15) is 4.98 Å². The van der Waals surface area contributed by atoms with Gasteiger partial charge >= 0.3 is 0 Å². The van der Waals surface area contributed by atoms with Gasteiger partial charge in [0.15, 0.2) is 5.82 Å². The Labute approximate surface area is 160 Å². The first-order chi connectivity index (χ1) is 13.2. The van der Waals surface area contributed by atoms with Gasteiger partial charge in [0.1, 0.15) is 5.69 Å². The molecule has 7 nitrogen and oxygen atoms in total. The van der Waals surface area contributed by atoms with E-state index in [4.69, 9.17) is 9.51 Å². The molecule has 0 saturated carbocycles. The molecule has 4 heterocycles. The number of nitrogens with zero attached hydrogens (tertiary/aromatic N) is 4. The molecule has 5 rings (SSSR count). The highest BCUT2D eigenvalue weighted by Gasteiger charge is 2.34. The Hall–Kier alpha value is -2.58. The normalized spacial score (nSPS) is 20.1. The topological polar surface area (TPSA) is 92.5 Å². The zero-order valence-electron chi connectivity index (χ0n) is 15.1. The van der Waals surface area contributed by atoms with Crippen LogP contribution in [0.5, 0.6) is 0 Å². The number of aromatic nitrogens is 5. The summed E-state index contributed by atoms with van der Waals surface area (Å²) in [5.74, 6) is 2.92. The van der Waals surface area contributed by atoms with Crippen LogP contribution in [0.4, 0.5) is 0 Å². The number of benzene rings is 1. The maximum Gasteiger partial charge on any atom is 0.231 e. The highest BCUT2D eigenvalue weighted by atomic mass is 32.1. The molecule has 27 heavy (non-hydrogen) atoms. The monoisotopic (exact) mass is 380 g/mol. The number of imidazole rings is 1. The predicted octanol–water partition coefficient (Wildman–Crippen LogP) is 3.84. The van der Waals surface area contributed by atoms with Gasteiger partial charge in [-0.05, 0) is 37.1 Å². The lowest BCUT2D eigenvalue weighted by Gasteiger charge is -2.19. The Balaban J connectivity index is 1.46. The zero-order chi connectivity index (χ0) is 18.4. The van der Waals surface area contributed by atoms with E-state index in [0.717, 1.165) is 47.0 Å². The first kappa shape index (κ1) is 16.6. The van der Waals surface area contributed by atoms with Crippen molar-refractivity contribution in [3.05, 3.63) is 35.0 Å². The fourth-order valence-corrected chi connectivity index (χ4v) is 4.34. The summed E-state index contributed by atoms with van der Waals surface area (Å²) >= 11 is 1.55. The van der Waals surface area contributed by atoms with Crippen LogP contribution in [-0.4, -0.2) is 37.7 Å². The van der Waals surface area contributed by atoms with Crippen molar-refractivity contribution in [3.63, 3.8) is 0 Å². The Morgan fingerprint density at radius 3 is 3.00 bits per heavy atom. The highest BCUT2D eigenvalue weighted by molar-refractivity contribution is 7.07. The maximum absolute atomic E-state index is 5.62. The van der Waals surface area contributed by atoms with E-state index in [-0.39, 0.29) is 5.92 Å². The number of rotatable bonds is 4. The second-order valence-corrected chi connectivity index (χ2v) is 7.99. The van der Waals surface area contributed by atoms with Crippen molar-refractivity contribution in [2.45, 2.75) is 32.2 Å². The average Bonchev–Trinajstić information content (AvgIpc) is 3.47. The van der Waals surface area contributed by atoms with Gasteiger partial charge < -0.3 is 14.8 Å². The lowest BCUT2D eigenvalue weighted by Crippen LogP contribution is -2.31. The SMILES string of the molecule is CC(C)C1NCCC1c1nc(-c2ccc3nc(-c4cscn4)[nH]c3c2)no1. The van der Waals surface area contributed by atoms with Crippen molar-refractivity contribution < 1.29 is 4.52 Å². The molecular weight excluding hydrogens is 360 g/mol. The third-order valence-corrected chi connectivity index (χ3v) is 5.75. The van der Waals surface area contributed by atoms with Crippen LogP contribution in [0.1, 0.15) is 32.1 Å². The minimum atomic E-state index is 0.276. The van der Waals surface area contributed by atoms with Crippen LogP contribution in [0.15, 0.2) is 33.6 Å². The van der Waals surface area contributed by atoms with E-state index in [0.29, 0.717) is 17.8 Å². The minimum Gasteiger partial charge on any atom is -0.339 e. The Bertz CT molecular complexity index is 1070. The Kier molecular flexibility index (Phi) is 4.02. The molecule has 0 aliphatic carbocycles. The fourth-order valence-electron chi connectivity index (χ4n) is 3.81. The van der Waals surface area contributed by atoms with Crippen molar-refractivity contribution in [1.82, 2.24) is 30.4 Å². The molecule has 4 aromatic rings. The first-order valence-electron chi connectivity index (χ1n) is 9.15. The molecule has 1 fully saturated rings. The molecule has 2 unspecified atom stereocenters. The number of fused-ring (bicyclic) bond motifs is 1. The lowest BCUT2D eigenvalue weighted by molar-refractivity contribution is 0.315. The van der Waals surface area contributed by atoms with E-state index in [1.807, 2.05) is 23.6 Å². The smallest absolute Gasteiger partial charge is 0.231 e. The van der Waals surface area contributed by atoms with Crippen LogP contribution >= 0.6 is 11.3 Å². The lowest BCUT2D eigenvalue weighted by atomic mass is 9.92. The quantitative estimate of drug-likeness (QED) is 0.559. The summed E-state index contributed by atoms with van der Waals surface area (Å²) in [5, 5.41) is 9.75. The summed E-state index contributed by atoms with van der Waals surface area (Å²) in [7, 11) is 0. The Morgan fingerprint density at radius 2 is 2.19 bits per heavy atom. The molecule has 138 valence electrons. The summed E-state index contributed by atoms with van der Waals surface area (Å²) in [6.07, 6.45) is 1.03. The van der Waals surface area contributed by atoms with Crippen LogP contribution in [0.3, 0.4) is 0 Å². The van der Waals surface area contributed by atoms with E-state index < -0.39 is 0 Å². The third kappa shape index (κ3) is 2.94. The summed E-state index contributed by atoms with van der Waals surface area (Å²) in [6, 6.07) is 6.35. The van der Waals surface area contributed by atoms with Crippen molar-refractivity contribution in [1.29, 1.82) is 0 Å². The predicted molar refractivity (Wildman–Crippen MR) is 104 cm³/mol. The summed E-state index contributed by atoms with van der Waals surface area (Å²) in [4.78, 5) is 16.9. The molecule has 0 amide bonds. The van der Waals surface area contributed by atoms with Crippen molar-refractivity contribution >= 4 is 22.4 Å². The second-order valence-electron chi connectivity index (χ2n) is 7.27. The summed E-state index contributed by atoms with van der Waals surface area (Å²) in [5.41, 5.74) is 5.40. The van der Waals surface area contributed by atoms with Crippen LogP contribution in [0, 0.1) is 5.92 Å². The van der Waals surface area contributed by atoms with Crippen LogP contribution in [0.2, 0.25) is 0 Å². The van der Waals surface area contributed by atoms with E-state index in [1.165, 1.54) is 0 Å². The van der Waals surface area contributed by atoms with Gasteiger partial charge in [-0.15, -0.1) is 11.3 Å². The molecule has 2 N–H and O–H groups in total. The molecule has 1 aliphatic heterocycles. The van der Waals surface area contributed by atoms with E-state index in [9.17, 15) is 0 Å². The second kappa shape index (κ2) is 6.54. The molecule has 3 aromatic heterocycles. The molecule has 0 radical (unpaired) electrons. The van der Waals surface area contributed by atoms with Gasteiger partial charge in [0.05, 0.1) is 22.5 Å². The molecule has 1 saturated heterocycles. The van der Waals surface area contributed by atoms with Crippen molar-refractivity contribution in [3.8, 4) is 22.9 Å². The average molecular weight is 380 g/mol. The molecule has 8 heteroatoms. The van der Waals surface area contributed by atoms with E-state index in [2.05, 4.69) is 39.3 Å². The summed E-state index contributed by atoms with van der Waals surface area (Å²) < 4.78 is 5.62. The highest BCUT2D eigenvalue weighted by Crippen LogP contribution is 2.32. The number of nitrogens with one attached hydrogen (secondary N) is 2. The number of hydrogen-bond donors (Lipinski definition) is 2. The van der Waals surface area contributed by atoms with Crippen LogP contribution < -0.4 is 5.32 Å². The van der Waals surface area contributed by atoms with Crippen molar-refractivity contribution in [2.24, 2.45) is 5.92 Å². The Morgan fingerprint density at radius 1 is 1.26 bits per heavy atom. The number of thiazole rings is 1. The first-order valence-corrected chi connectivity index (χ1v) is 10.1.